The molecule has 2 radical (unpaired) electrons. The number of aromatic nitrogens is 1. The summed E-state index contributed by atoms with van der Waals surface area (Å²) < 4.78 is 7.82. The molecule has 2 aromatic carbocycles. The number of hydrogen-bond acceptors (Lipinski definition) is 3. The van der Waals surface area contributed by atoms with Crippen LogP contribution >= 0.6 is 0 Å². The highest BCUT2D eigenvalue weighted by Crippen LogP contribution is 2.50. The molecule has 2 heterocycles. The van der Waals surface area contributed by atoms with Crippen LogP contribution in [0.4, 0.5) is 5.69 Å². The summed E-state index contributed by atoms with van der Waals surface area (Å²) in [6.07, 6.45) is 2.64. The van der Waals surface area contributed by atoms with E-state index < -0.39 is 5.41 Å². The predicted octanol–water partition coefficient (Wildman–Crippen LogP) is 4.49. The average Bonchev–Trinajstić information content (AvgIpc) is 3.32. The molecule has 0 spiro atoms. The van der Waals surface area contributed by atoms with Crippen molar-refractivity contribution in [2.75, 3.05) is 18.5 Å². The van der Waals surface area contributed by atoms with Crippen LogP contribution < -0.4 is 10.1 Å². The monoisotopic (exact) mass is 442 g/mol. The number of benzene rings is 2. The van der Waals surface area contributed by atoms with E-state index in [-0.39, 0.29) is 23.7 Å². The first-order chi connectivity index (χ1) is 15.7. The zero-order chi connectivity index (χ0) is 23.4. The van der Waals surface area contributed by atoms with Crippen molar-refractivity contribution in [1.29, 1.82) is 0 Å². The fourth-order valence-electron chi connectivity index (χ4n) is 4.97. The molecule has 1 unspecified atom stereocenters. The third-order valence-electron chi connectivity index (χ3n) is 7.01. The summed E-state index contributed by atoms with van der Waals surface area (Å²) in [5.41, 5.74) is 4.78. The van der Waals surface area contributed by atoms with E-state index >= 15 is 0 Å². The lowest BCUT2D eigenvalue weighted by molar-refractivity contribution is -0.118. The van der Waals surface area contributed by atoms with Gasteiger partial charge in [-0.25, -0.2) is 0 Å². The Morgan fingerprint density at radius 1 is 1.21 bits per heavy atom. The van der Waals surface area contributed by atoms with E-state index in [0.717, 1.165) is 59.5 Å². The minimum absolute atomic E-state index is 0.0542. The first-order valence-corrected chi connectivity index (χ1v) is 11.8. The van der Waals surface area contributed by atoms with Gasteiger partial charge in [-0.2, -0.15) is 0 Å². The normalized spacial score (nSPS) is 17.5. The van der Waals surface area contributed by atoms with Crippen LogP contribution in [0.3, 0.4) is 0 Å². The van der Waals surface area contributed by atoms with Crippen molar-refractivity contribution < 1.29 is 14.6 Å². The van der Waals surface area contributed by atoms with Gasteiger partial charge in [0.1, 0.15) is 5.75 Å². The zero-order valence-electron chi connectivity index (χ0n) is 19.6. The Labute approximate surface area is 196 Å². The van der Waals surface area contributed by atoms with Crippen LogP contribution in [0.5, 0.6) is 5.75 Å². The lowest BCUT2D eigenvalue weighted by Crippen LogP contribution is -2.27. The smallest absolute Gasteiger partial charge is 0.235 e. The standard InChI is InChI=1S/C27H31BN2O3/c1-26(2,3)24-14-18-13-21(5-6-22(18)30(24)15-20(28)16-31)29-25(32)27(9-10-27)19-4-7-23-17(12-19)8-11-33-23/h4-7,12-14,20,31H,8-11,15-16H2,1-3H3,(H,29,32). The zero-order valence-corrected chi connectivity index (χ0v) is 19.6. The summed E-state index contributed by atoms with van der Waals surface area (Å²) in [7, 11) is 6.07. The number of aliphatic hydroxyl groups is 1. The molecule has 2 aliphatic rings. The van der Waals surface area contributed by atoms with Crippen LogP contribution in [0.15, 0.2) is 42.5 Å². The molecule has 1 atom stereocenters. The highest BCUT2D eigenvalue weighted by molar-refractivity contribution is 6.11. The summed E-state index contributed by atoms with van der Waals surface area (Å²) >= 11 is 0. The van der Waals surface area contributed by atoms with Gasteiger partial charge in [-0.1, -0.05) is 32.9 Å². The van der Waals surface area contributed by atoms with Gasteiger partial charge < -0.3 is 19.7 Å². The Hall–Kier alpha value is -2.73. The number of nitrogens with zero attached hydrogens (tertiary/aromatic N) is 1. The summed E-state index contributed by atoms with van der Waals surface area (Å²) in [6.45, 7) is 7.71. The van der Waals surface area contributed by atoms with Crippen LogP contribution in [0.1, 0.15) is 50.4 Å². The molecule has 5 nitrogen and oxygen atoms in total. The molecule has 6 heteroatoms. The fourth-order valence-corrected chi connectivity index (χ4v) is 4.97. The predicted molar refractivity (Wildman–Crippen MR) is 132 cm³/mol. The quantitative estimate of drug-likeness (QED) is 0.553. The van der Waals surface area contributed by atoms with Crippen LogP contribution in [-0.2, 0) is 28.6 Å². The molecule has 0 bridgehead atoms. The number of ether oxygens (including phenoxy) is 1. The van der Waals surface area contributed by atoms with Gasteiger partial charge >= 0.3 is 0 Å². The summed E-state index contributed by atoms with van der Waals surface area (Å²) in [5.74, 6) is 0.674. The Morgan fingerprint density at radius 3 is 2.70 bits per heavy atom. The van der Waals surface area contributed by atoms with Crippen molar-refractivity contribution in [3.8, 4) is 5.75 Å². The van der Waals surface area contributed by atoms with E-state index in [9.17, 15) is 9.90 Å². The van der Waals surface area contributed by atoms with Gasteiger partial charge in [0.15, 0.2) is 0 Å². The van der Waals surface area contributed by atoms with Crippen molar-refractivity contribution in [2.24, 2.45) is 0 Å². The largest absolute Gasteiger partial charge is 0.493 e. The Morgan fingerprint density at radius 2 is 2.00 bits per heavy atom. The highest BCUT2D eigenvalue weighted by Gasteiger charge is 2.51. The van der Waals surface area contributed by atoms with E-state index in [4.69, 9.17) is 12.6 Å². The van der Waals surface area contributed by atoms with Gasteiger partial charge in [0.2, 0.25) is 5.91 Å². The van der Waals surface area contributed by atoms with Gasteiger partial charge in [0.05, 0.1) is 19.9 Å². The summed E-state index contributed by atoms with van der Waals surface area (Å²) in [6, 6.07) is 14.4. The SMILES string of the molecule is [B]C(CO)Cn1c(C(C)(C)C)cc2cc(NC(=O)C3(c4ccc5c(c4)CCO5)CC3)ccc21. The van der Waals surface area contributed by atoms with E-state index in [2.05, 4.69) is 42.8 Å². The van der Waals surface area contributed by atoms with Crippen LogP contribution in [-0.4, -0.2) is 36.6 Å². The van der Waals surface area contributed by atoms with Gasteiger partial charge in [-0.15, -0.1) is 0 Å². The van der Waals surface area contributed by atoms with Crippen molar-refractivity contribution in [2.45, 2.75) is 63.2 Å². The van der Waals surface area contributed by atoms with Crippen molar-refractivity contribution in [3.05, 3.63) is 59.3 Å². The average molecular weight is 442 g/mol. The topological polar surface area (TPSA) is 63.5 Å². The summed E-state index contributed by atoms with van der Waals surface area (Å²) in [5, 5.41) is 13.7. The molecule has 1 saturated carbocycles. The number of carbonyl (C=O) groups is 1. The molecule has 5 rings (SSSR count). The number of fused-ring (bicyclic) bond motifs is 2. The summed E-state index contributed by atoms with van der Waals surface area (Å²) in [4.78, 5) is 13.4. The molecule has 1 amide bonds. The number of anilines is 1. The Kier molecular flexibility index (Phi) is 5.32. The van der Waals surface area contributed by atoms with Crippen LogP contribution in [0.2, 0.25) is 5.82 Å². The molecule has 33 heavy (non-hydrogen) atoms. The number of hydrogen-bond donors (Lipinski definition) is 2. The number of rotatable bonds is 6. The maximum absolute atomic E-state index is 13.4. The number of carbonyl (C=O) groups excluding carboxylic acids is 1. The third kappa shape index (κ3) is 3.95. The van der Waals surface area contributed by atoms with Crippen LogP contribution in [0.25, 0.3) is 10.9 Å². The van der Waals surface area contributed by atoms with E-state index in [1.54, 1.807) is 0 Å². The van der Waals surface area contributed by atoms with Gasteiger partial charge in [0, 0.05) is 47.3 Å². The van der Waals surface area contributed by atoms with Gasteiger partial charge in [-0.3, -0.25) is 4.79 Å². The van der Waals surface area contributed by atoms with Crippen molar-refractivity contribution >= 4 is 30.3 Å². The first kappa shape index (κ1) is 22.1. The van der Waals surface area contributed by atoms with Crippen LogP contribution in [0, 0.1) is 0 Å². The maximum atomic E-state index is 13.4. The minimum Gasteiger partial charge on any atom is -0.493 e. The van der Waals surface area contributed by atoms with E-state index in [1.807, 2.05) is 30.3 Å². The molecule has 3 aromatic rings. The van der Waals surface area contributed by atoms with Crippen molar-refractivity contribution in [1.82, 2.24) is 4.57 Å². The second-order valence-electron chi connectivity index (χ2n) is 10.6. The fraction of sp³-hybridized carbons (Fsp3) is 0.444. The van der Waals surface area contributed by atoms with Gasteiger partial charge in [0.25, 0.3) is 0 Å². The molecule has 1 aliphatic carbocycles. The molecule has 1 fully saturated rings. The molecule has 1 aliphatic heterocycles. The lowest BCUT2D eigenvalue weighted by atomic mass is 9.87. The molecule has 170 valence electrons. The number of nitrogens with one attached hydrogen (secondary N) is 1. The molecule has 2 N–H and O–H groups in total. The lowest BCUT2D eigenvalue weighted by Gasteiger charge is -2.24. The van der Waals surface area contributed by atoms with E-state index in [1.165, 1.54) is 5.56 Å². The second-order valence-corrected chi connectivity index (χ2v) is 10.6. The molecular formula is C27H31BN2O3. The highest BCUT2D eigenvalue weighted by atomic mass is 16.5. The number of amides is 1. The third-order valence-corrected chi connectivity index (χ3v) is 7.01. The van der Waals surface area contributed by atoms with Gasteiger partial charge in [-0.05, 0) is 60.1 Å². The molecular weight excluding hydrogens is 411 g/mol. The van der Waals surface area contributed by atoms with E-state index in [0.29, 0.717) is 6.54 Å². The minimum atomic E-state index is -0.441. The maximum Gasteiger partial charge on any atom is 0.235 e. The molecule has 1 aromatic heterocycles. The molecule has 0 saturated heterocycles. The first-order valence-electron chi connectivity index (χ1n) is 11.8. The van der Waals surface area contributed by atoms with Crippen molar-refractivity contribution in [3.63, 3.8) is 0 Å². The Bertz CT molecular complexity index is 1220. The number of aliphatic hydroxyl groups excluding tert-OH is 1. The second kappa shape index (κ2) is 7.95. The Balaban J connectivity index is 1.43.